The van der Waals surface area contributed by atoms with Crippen molar-refractivity contribution in [3.05, 3.63) is 72.6 Å². The van der Waals surface area contributed by atoms with Gasteiger partial charge in [0.25, 0.3) is 0 Å². The highest BCUT2D eigenvalue weighted by molar-refractivity contribution is 5.99. The molecule has 0 saturated heterocycles. The molecule has 1 aliphatic rings. The summed E-state index contributed by atoms with van der Waals surface area (Å²) in [5, 5.41) is 3.40. The van der Waals surface area contributed by atoms with Crippen LogP contribution in [0, 0.1) is 0 Å². The zero-order chi connectivity index (χ0) is 15.5. The number of pyridine rings is 2. The lowest BCUT2D eigenvalue weighted by Gasteiger charge is -2.12. The van der Waals surface area contributed by atoms with Gasteiger partial charge >= 0.3 is 0 Å². The number of aromatic nitrogens is 4. The first-order valence-electron chi connectivity index (χ1n) is 7.34. The lowest BCUT2D eigenvalue weighted by atomic mass is 10.1. The molecule has 6 nitrogen and oxygen atoms in total. The van der Waals surface area contributed by atoms with Crippen LogP contribution in [0.5, 0.6) is 0 Å². The Hall–Kier alpha value is -3.15. The summed E-state index contributed by atoms with van der Waals surface area (Å²) in [4.78, 5) is 21.6. The van der Waals surface area contributed by atoms with E-state index >= 15 is 0 Å². The van der Waals surface area contributed by atoms with E-state index in [2.05, 4.69) is 30.2 Å². The van der Waals surface area contributed by atoms with E-state index in [0.29, 0.717) is 12.4 Å². The Bertz CT molecular complexity index is 815. The molecule has 0 bridgehead atoms. The Labute approximate surface area is 133 Å². The first kappa shape index (κ1) is 13.5. The van der Waals surface area contributed by atoms with Gasteiger partial charge in [0.15, 0.2) is 5.82 Å². The van der Waals surface area contributed by atoms with E-state index in [1.807, 2.05) is 36.7 Å². The monoisotopic (exact) mass is 302 g/mol. The van der Waals surface area contributed by atoms with Crippen LogP contribution in [0.4, 0.5) is 0 Å². The van der Waals surface area contributed by atoms with Crippen molar-refractivity contribution in [1.29, 1.82) is 0 Å². The Kier molecular flexibility index (Phi) is 3.48. The normalized spacial score (nSPS) is 16.7. The van der Waals surface area contributed by atoms with E-state index < -0.39 is 0 Å². The molecule has 1 N–H and O–H groups in total. The molecule has 3 aromatic rings. The molecule has 23 heavy (non-hydrogen) atoms. The van der Waals surface area contributed by atoms with Gasteiger partial charge in [0.05, 0.1) is 12.6 Å². The summed E-state index contributed by atoms with van der Waals surface area (Å²) in [6.07, 6.45) is 10.7. The standard InChI is InChI=1S/C17H14N6/c1-3-12(7-18-5-1)16-20-9-14(10-21-16)15-11-22-17(23-15)13-4-2-6-19-8-13/h1-10,15H,11H2,(H,22,23). The fourth-order valence-electron chi connectivity index (χ4n) is 2.47. The van der Waals surface area contributed by atoms with Gasteiger partial charge in [-0.15, -0.1) is 0 Å². The van der Waals surface area contributed by atoms with Crippen LogP contribution in [-0.4, -0.2) is 32.3 Å². The first-order valence-corrected chi connectivity index (χ1v) is 7.34. The average Bonchev–Trinajstić information content (AvgIpc) is 3.14. The van der Waals surface area contributed by atoms with Crippen LogP contribution in [0.15, 0.2) is 66.4 Å². The van der Waals surface area contributed by atoms with E-state index in [1.54, 1.807) is 24.8 Å². The SMILES string of the molecule is c1cncc(C2=NCC(c3cnc(-c4cccnc4)nc3)N2)c1. The van der Waals surface area contributed by atoms with Crippen molar-refractivity contribution in [2.45, 2.75) is 6.04 Å². The third-order valence-electron chi connectivity index (χ3n) is 3.67. The number of nitrogens with zero attached hydrogens (tertiary/aromatic N) is 5. The third-order valence-corrected chi connectivity index (χ3v) is 3.67. The van der Waals surface area contributed by atoms with Crippen LogP contribution >= 0.6 is 0 Å². The number of hydrogen-bond acceptors (Lipinski definition) is 6. The predicted octanol–water partition coefficient (Wildman–Crippen LogP) is 2.02. The molecule has 1 aliphatic heterocycles. The summed E-state index contributed by atoms with van der Waals surface area (Å²) < 4.78 is 0. The highest BCUT2D eigenvalue weighted by Crippen LogP contribution is 2.20. The van der Waals surface area contributed by atoms with Gasteiger partial charge in [0.2, 0.25) is 0 Å². The zero-order valence-corrected chi connectivity index (χ0v) is 12.3. The fourth-order valence-corrected chi connectivity index (χ4v) is 2.47. The molecule has 6 heteroatoms. The van der Waals surface area contributed by atoms with E-state index in [0.717, 1.165) is 22.5 Å². The van der Waals surface area contributed by atoms with Gasteiger partial charge in [-0.1, -0.05) is 0 Å². The smallest absolute Gasteiger partial charge is 0.160 e. The minimum Gasteiger partial charge on any atom is -0.361 e. The molecule has 3 aromatic heterocycles. The quantitative estimate of drug-likeness (QED) is 0.801. The number of aliphatic imine (C=N–C) groups is 1. The maximum Gasteiger partial charge on any atom is 0.160 e. The Balaban J connectivity index is 1.50. The van der Waals surface area contributed by atoms with E-state index in [1.165, 1.54) is 0 Å². The maximum absolute atomic E-state index is 4.54. The van der Waals surface area contributed by atoms with Crippen molar-refractivity contribution >= 4 is 5.84 Å². The molecule has 0 radical (unpaired) electrons. The summed E-state index contributed by atoms with van der Waals surface area (Å²) in [5.74, 6) is 1.53. The first-order chi connectivity index (χ1) is 11.4. The average molecular weight is 302 g/mol. The lowest BCUT2D eigenvalue weighted by molar-refractivity contribution is 0.701. The van der Waals surface area contributed by atoms with Crippen LogP contribution in [-0.2, 0) is 0 Å². The number of rotatable bonds is 3. The van der Waals surface area contributed by atoms with Crippen LogP contribution in [0.3, 0.4) is 0 Å². The molecule has 0 amide bonds. The highest BCUT2D eigenvalue weighted by atomic mass is 15.1. The predicted molar refractivity (Wildman–Crippen MR) is 86.8 cm³/mol. The highest BCUT2D eigenvalue weighted by Gasteiger charge is 2.21. The molecule has 4 heterocycles. The van der Waals surface area contributed by atoms with Gasteiger partial charge in [-0.25, -0.2) is 9.97 Å². The van der Waals surface area contributed by atoms with Crippen molar-refractivity contribution in [1.82, 2.24) is 25.3 Å². The fraction of sp³-hybridized carbons (Fsp3) is 0.118. The Morgan fingerprint density at radius 3 is 2.22 bits per heavy atom. The molecule has 0 saturated carbocycles. The molecule has 1 unspecified atom stereocenters. The van der Waals surface area contributed by atoms with Gasteiger partial charge in [0, 0.05) is 53.9 Å². The van der Waals surface area contributed by atoms with Gasteiger partial charge in [-0.05, 0) is 24.3 Å². The summed E-state index contributed by atoms with van der Waals surface area (Å²) in [6, 6.07) is 7.80. The maximum atomic E-state index is 4.54. The molecule has 0 spiro atoms. The second-order valence-electron chi connectivity index (χ2n) is 5.21. The second-order valence-corrected chi connectivity index (χ2v) is 5.21. The molecule has 0 aliphatic carbocycles. The molecular weight excluding hydrogens is 288 g/mol. The number of nitrogens with one attached hydrogen (secondary N) is 1. The van der Waals surface area contributed by atoms with E-state index in [-0.39, 0.29) is 6.04 Å². The zero-order valence-electron chi connectivity index (χ0n) is 12.3. The van der Waals surface area contributed by atoms with Gasteiger partial charge < -0.3 is 5.32 Å². The van der Waals surface area contributed by atoms with Gasteiger partial charge in [-0.2, -0.15) is 0 Å². The summed E-state index contributed by atoms with van der Waals surface area (Å²) >= 11 is 0. The van der Waals surface area contributed by atoms with Crippen molar-refractivity contribution in [3.63, 3.8) is 0 Å². The van der Waals surface area contributed by atoms with Crippen LogP contribution in [0.1, 0.15) is 17.2 Å². The Morgan fingerprint density at radius 2 is 1.57 bits per heavy atom. The van der Waals surface area contributed by atoms with Gasteiger partial charge in [-0.3, -0.25) is 15.0 Å². The van der Waals surface area contributed by atoms with Crippen LogP contribution in [0.25, 0.3) is 11.4 Å². The Morgan fingerprint density at radius 1 is 0.870 bits per heavy atom. The van der Waals surface area contributed by atoms with Crippen molar-refractivity contribution in [2.24, 2.45) is 4.99 Å². The van der Waals surface area contributed by atoms with E-state index in [9.17, 15) is 0 Å². The summed E-state index contributed by atoms with van der Waals surface area (Å²) in [5.41, 5.74) is 2.91. The molecule has 1 atom stereocenters. The summed E-state index contributed by atoms with van der Waals surface area (Å²) in [7, 11) is 0. The summed E-state index contributed by atoms with van der Waals surface area (Å²) in [6.45, 7) is 0.666. The molecule has 0 aromatic carbocycles. The van der Waals surface area contributed by atoms with E-state index in [4.69, 9.17) is 0 Å². The van der Waals surface area contributed by atoms with Crippen molar-refractivity contribution in [2.75, 3.05) is 6.54 Å². The van der Waals surface area contributed by atoms with Crippen LogP contribution < -0.4 is 5.32 Å². The van der Waals surface area contributed by atoms with Crippen molar-refractivity contribution in [3.8, 4) is 11.4 Å². The molecular formula is C17H14N6. The minimum absolute atomic E-state index is 0.0909. The number of hydrogen-bond donors (Lipinski definition) is 1. The molecule has 4 rings (SSSR count). The van der Waals surface area contributed by atoms with Crippen LogP contribution in [0.2, 0.25) is 0 Å². The topological polar surface area (TPSA) is 76.0 Å². The second kappa shape index (κ2) is 5.92. The lowest BCUT2D eigenvalue weighted by Crippen LogP contribution is -2.24. The largest absolute Gasteiger partial charge is 0.361 e. The van der Waals surface area contributed by atoms with Gasteiger partial charge in [0.1, 0.15) is 5.84 Å². The molecule has 112 valence electrons. The number of amidine groups is 1. The minimum atomic E-state index is 0.0909. The third kappa shape index (κ3) is 2.78. The molecule has 0 fully saturated rings. The van der Waals surface area contributed by atoms with Crippen molar-refractivity contribution < 1.29 is 0 Å².